The molecule has 1 unspecified atom stereocenters. The maximum Gasteiger partial charge on any atom is 0.134 e. The summed E-state index contributed by atoms with van der Waals surface area (Å²) in [6, 6.07) is 10.6. The minimum Gasteiger partial charge on any atom is -0.464 e. The van der Waals surface area contributed by atoms with Crippen molar-refractivity contribution < 1.29 is 4.42 Å². The highest BCUT2D eigenvalue weighted by Crippen LogP contribution is 2.28. The number of nitrogens with one attached hydrogen (secondary N) is 1. The van der Waals surface area contributed by atoms with Gasteiger partial charge in [-0.3, -0.25) is 4.68 Å². The molecule has 3 rings (SSSR count). The molecule has 0 aliphatic heterocycles. The highest BCUT2D eigenvalue weighted by atomic mass is 16.3. The number of aromatic nitrogens is 2. The molecular formula is C17H21N3O. The number of likely N-dealkylation sites (N-methyl/N-ethyl adjacent to an activating group) is 1. The molecule has 0 aliphatic carbocycles. The van der Waals surface area contributed by atoms with Gasteiger partial charge in [-0.1, -0.05) is 25.1 Å². The molecular weight excluding hydrogens is 262 g/mol. The minimum absolute atomic E-state index is 0.230. The van der Waals surface area contributed by atoms with Crippen LogP contribution in [0.3, 0.4) is 0 Å². The van der Waals surface area contributed by atoms with Gasteiger partial charge in [0, 0.05) is 36.2 Å². The molecule has 3 aromatic rings. The first kappa shape index (κ1) is 13.9. The predicted molar refractivity (Wildman–Crippen MR) is 84.3 cm³/mol. The Morgan fingerprint density at radius 1 is 1.33 bits per heavy atom. The van der Waals surface area contributed by atoms with E-state index < -0.39 is 0 Å². The second-order valence-electron chi connectivity index (χ2n) is 5.40. The van der Waals surface area contributed by atoms with Crippen LogP contribution in [0.2, 0.25) is 0 Å². The Kier molecular flexibility index (Phi) is 3.80. The van der Waals surface area contributed by atoms with Crippen LogP contribution >= 0.6 is 0 Å². The number of hydrogen-bond acceptors (Lipinski definition) is 3. The number of hydrogen-bond donors (Lipinski definition) is 1. The second kappa shape index (κ2) is 5.74. The molecule has 0 amide bonds. The largest absolute Gasteiger partial charge is 0.464 e. The quantitative estimate of drug-likeness (QED) is 0.780. The first-order chi connectivity index (χ1) is 10.2. The molecule has 0 saturated heterocycles. The summed E-state index contributed by atoms with van der Waals surface area (Å²) in [5.74, 6) is 0. The van der Waals surface area contributed by atoms with Crippen molar-refractivity contribution in [3.05, 3.63) is 53.5 Å². The summed E-state index contributed by atoms with van der Waals surface area (Å²) in [6.45, 7) is 5.07. The molecule has 1 aromatic carbocycles. The van der Waals surface area contributed by atoms with Crippen molar-refractivity contribution in [1.82, 2.24) is 15.1 Å². The van der Waals surface area contributed by atoms with Gasteiger partial charge in [-0.2, -0.15) is 5.10 Å². The van der Waals surface area contributed by atoms with Crippen molar-refractivity contribution >= 4 is 11.0 Å². The van der Waals surface area contributed by atoms with E-state index in [2.05, 4.69) is 35.5 Å². The Hall–Kier alpha value is -2.07. The van der Waals surface area contributed by atoms with E-state index in [1.54, 1.807) is 0 Å². The van der Waals surface area contributed by atoms with Crippen LogP contribution in [0.4, 0.5) is 0 Å². The van der Waals surface area contributed by atoms with E-state index in [0.29, 0.717) is 0 Å². The lowest BCUT2D eigenvalue weighted by Gasteiger charge is -2.17. The fourth-order valence-electron chi connectivity index (χ4n) is 2.87. The highest BCUT2D eigenvalue weighted by molar-refractivity contribution is 5.81. The van der Waals surface area contributed by atoms with Crippen molar-refractivity contribution in [2.75, 3.05) is 6.54 Å². The topological polar surface area (TPSA) is 43.0 Å². The SMILES string of the molecule is CCNC(Cc1cc(C)nn1C)c1coc2ccccc12. The van der Waals surface area contributed by atoms with Crippen LogP contribution in [0.15, 0.2) is 41.0 Å². The summed E-state index contributed by atoms with van der Waals surface area (Å²) in [5.41, 5.74) is 4.44. The summed E-state index contributed by atoms with van der Waals surface area (Å²) in [4.78, 5) is 0. The molecule has 4 heteroatoms. The Morgan fingerprint density at radius 2 is 2.14 bits per heavy atom. The average Bonchev–Trinajstić information content (AvgIpc) is 3.02. The molecule has 1 N–H and O–H groups in total. The lowest BCUT2D eigenvalue weighted by Crippen LogP contribution is -2.23. The van der Waals surface area contributed by atoms with E-state index in [1.807, 2.05) is 37.0 Å². The standard InChI is InChI=1S/C17H21N3O/c1-4-18-16(10-13-9-12(2)19-20(13)3)15-11-21-17-8-6-5-7-14(15)17/h5-9,11,16,18H,4,10H2,1-3H3. The Labute approximate surface area is 124 Å². The number of furan rings is 1. The lowest BCUT2D eigenvalue weighted by atomic mass is 10.0. The smallest absolute Gasteiger partial charge is 0.134 e. The summed E-state index contributed by atoms with van der Waals surface area (Å²) in [7, 11) is 2.00. The van der Waals surface area contributed by atoms with Gasteiger partial charge in [0.1, 0.15) is 5.58 Å². The third kappa shape index (κ3) is 2.72. The van der Waals surface area contributed by atoms with Gasteiger partial charge in [0.15, 0.2) is 0 Å². The van der Waals surface area contributed by atoms with Gasteiger partial charge in [-0.05, 0) is 25.6 Å². The second-order valence-corrected chi connectivity index (χ2v) is 5.40. The van der Waals surface area contributed by atoms with Crippen molar-refractivity contribution in [2.24, 2.45) is 7.05 Å². The van der Waals surface area contributed by atoms with Crippen LogP contribution in [-0.2, 0) is 13.5 Å². The predicted octanol–water partition coefficient (Wildman–Crippen LogP) is 3.37. The summed E-state index contributed by atoms with van der Waals surface area (Å²) < 4.78 is 7.65. The Bertz CT molecular complexity index is 741. The first-order valence-electron chi connectivity index (χ1n) is 7.38. The van der Waals surface area contributed by atoms with E-state index in [4.69, 9.17) is 4.42 Å². The maximum absolute atomic E-state index is 5.69. The molecule has 0 aliphatic rings. The van der Waals surface area contributed by atoms with E-state index >= 15 is 0 Å². The van der Waals surface area contributed by atoms with E-state index in [9.17, 15) is 0 Å². The molecule has 2 aromatic heterocycles. The van der Waals surface area contributed by atoms with Crippen molar-refractivity contribution in [1.29, 1.82) is 0 Å². The van der Waals surface area contributed by atoms with E-state index in [-0.39, 0.29) is 6.04 Å². The molecule has 0 fully saturated rings. The molecule has 110 valence electrons. The number of nitrogens with zero attached hydrogens (tertiary/aromatic N) is 2. The van der Waals surface area contributed by atoms with Gasteiger partial charge < -0.3 is 9.73 Å². The van der Waals surface area contributed by atoms with Crippen molar-refractivity contribution in [3.63, 3.8) is 0 Å². The van der Waals surface area contributed by atoms with Crippen LogP contribution < -0.4 is 5.32 Å². The van der Waals surface area contributed by atoms with Gasteiger partial charge in [0.2, 0.25) is 0 Å². The molecule has 1 atom stereocenters. The number of benzene rings is 1. The molecule has 0 spiro atoms. The summed E-state index contributed by atoms with van der Waals surface area (Å²) >= 11 is 0. The van der Waals surface area contributed by atoms with Crippen molar-refractivity contribution in [3.8, 4) is 0 Å². The molecule has 4 nitrogen and oxygen atoms in total. The monoisotopic (exact) mass is 283 g/mol. The molecule has 0 radical (unpaired) electrons. The summed E-state index contributed by atoms with van der Waals surface area (Å²) in [5, 5.41) is 9.18. The zero-order chi connectivity index (χ0) is 14.8. The number of aryl methyl sites for hydroxylation is 2. The first-order valence-corrected chi connectivity index (χ1v) is 7.38. The van der Waals surface area contributed by atoms with Gasteiger partial charge >= 0.3 is 0 Å². The molecule has 0 saturated carbocycles. The molecule has 21 heavy (non-hydrogen) atoms. The zero-order valence-electron chi connectivity index (χ0n) is 12.8. The fourth-order valence-corrected chi connectivity index (χ4v) is 2.87. The number of rotatable bonds is 5. The van der Waals surface area contributed by atoms with Gasteiger partial charge in [0.25, 0.3) is 0 Å². The Balaban J connectivity index is 1.96. The number of para-hydroxylation sites is 1. The highest BCUT2D eigenvalue weighted by Gasteiger charge is 2.18. The van der Waals surface area contributed by atoms with Crippen LogP contribution in [-0.4, -0.2) is 16.3 Å². The maximum atomic E-state index is 5.69. The average molecular weight is 283 g/mol. The third-order valence-corrected chi connectivity index (χ3v) is 3.85. The van der Waals surface area contributed by atoms with E-state index in [0.717, 1.165) is 24.2 Å². The molecule has 0 bridgehead atoms. The third-order valence-electron chi connectivity index (χ3n) is 3.85. The van der Waals surface area contributed by atoms with Gasteiger partial charge in [-0.15, -0.1) is 0 Å². The van der Waals surface area contributed by atoms with E-state index in [1.165, 1.54) is 16.6 Å². The number of fused-ring (bicyclic) bond motifs is 1. The normalized spacial score (nSPS) is 12.9. The fraction of sp³-hybridized carbons (Fsp3) is 0.353. The minimum atomic E-state index is 0.230. The van der Waals surface area contributed by atoms with Crippen LogP contribution in [0.25, 0.3) is 11.0 Å². The van der Waals surface area contributed by atoms with Crippen molar-refractivity contribution in [2.45, 2.75) is 26.3 Å². The van der Waals surface area contributed by atoms with Gasteiger partial charge in [-0.25, -0.2) is 0 Å². The van der Waals surface area contributed by atoms with Crippen LogP contribution in [0.1, 0.15) is 29.9 Å². The lowest BCUT2D eigenvalue weighted by molar-refractivity contribution is 0.519. The zero-order valence-corrected chi connectivity index (χ0v) is 12.8. The molecule has 2 heterocycles. The van der Waals surface area contributed by atoms with Gasteiger partial charge in [0.05, 0.1) is 12.0 Å². The Morgan fingerprint density at radius 3 is 2.86 bits per heavy atom. The van der Waals surface area contributed by atoms with Crippen LogP contribution in [0.5, 0.6) is 0 Å². The van der Waals surface area contributed by atoms with Crippen LogP contribution in [0, 0.1) is 6.92 Å². The summed E-state index contributed by atoms with van der Waals surface area (Å²) in [6.07, 6.45) is 2.77.